The van der Waals surface area contributed by atoms with Gasteiger partial charge in [0, 0.05) is 37.6 Å². The lowest BCUT2D eigenvalue weighted by molar-refractivity contribution is 0.296. The minimum absolute atomic E-state index is 0.629. The van der Waals surface area contributed by atoms with Crippen LogP contribution in [0, 0.1) is 19.8 Å². The van der Waals surface area contributed by atoms with E-state index in [2.05, 4.69) is 37.8 Å². The van der Waals surface area contributed by atoms with Gasteiger partial charge in [-0.25, -0.2) is 9.67 Å². The normalized spacial score (nSPS) is 13.8. The summed E-state index contributed by atoms with van der Waals surface area (Å²) in [6.07, 6.45) is 4.44. The Balaban J connectivity index is 1.30. The molecule has 1 fully saturated rings. The van der Waals surface area contributed by atoms with Crippen molar-refractivity contribution in [2.24, 2.45) is 10.9 Å². The Morgan fingerprint density at radius 3 is 2.61 bits per heavy atom. The standard InChI is InChI=1S/C24H30N6O/c1-17-12-18(2)30(29-17)23-11-10-20(13-26-23)14-27-24(25-3)28-15-21-6-4-5-7-22(21)31-16-19-8-9-19/h4-7,10-13,19H,8-9,14-16H2,1-3H3,(H2,25,27,28). The highest BCUT2D eigenvalue weighted by molar-refractivity contribution is 5.79. The highest BCUT2D eigenvalue weighted by Gasteiger charge is 2.22. The Labute approximate surface area is 183 Å². The molecule has 1 saturated carbocycles. The maximum Gasteiger partial charge on any atom is 0.191 e. The second-order valence-electron chi connectivity index (χ2n) is 8.00. The summed E-state index contributed by atoms with van der Waals surface area (Å²) in [4.78, 5) is 8.89. The average molecular weight is 419 g/mol. The monoisotopic (exact) mass is 418 g/mol. The molecule has 3 aromatic rings. The van der Waals surface area contributed by atoms with Crippen LogP contribution in [0.4, 0.5) is 0 Å². The van der Waals surface area contributed by atoms with E-state index in [4.69, 9.17) is 4.74 Å². The molecule has 1 aliphatic rings. The van der Waals surface area contributed by atoms with E-state index in [1.54, 1.807) is 7.05 Å². The molecule has 2 heterocycles. The molecule has 0 atom stereocenters. The first-order chi connectivity index (χ1) is 15.1. The van der Waals surface area contributed by atoms with Gasteiger partial charge < -0.3 is 15.4 Å². The van der Waals surface area contributed by atoms with Crippen LogP contribution in [0.5, 0.6) is 5.75 Å². The van der Waals surface area contributed by atoms with E-state index in [0.717, 1.165) is 52.6 Å². The molecule has 7 nitrogen and oxygen atoms in total. The summed E-state index contributed by atoms with van der Waals surface area (Å²) in [6.45, 7) is 6.10. The first kappa shape index (κ1) is 20.9. The first-order valence-corrected chi connectivity index (χ1v) is 10.8. The Morgan fingerprint density at radius 2 is 1.94 bits per heavy atom. The van der Waals surface area contributed by atoms with E-state index in [9.17, 15) is 0 Å². The Hall–Kier alpha value is -3.35. The van der Waals surface area contributed by atoms with Crippen molar-refractivity contribution in [2.75, 3.05) is 13.7 Å². The van der Waals surface area contributed by atoms with Crippen LogP contribution in [-0.4, -0.2) is 34.4 Å². The van der Waals surface area contributed by atoms with Crippen molar-refractivity contribution in [3.63, 3.8) is 0 Å². The molecule has 31 heavy (non-hydrogen) atoms. The van der Waals surface area contributed by atoms with Gasteiger partial charge in [-0.15, -0.1) is 0 Å². The zero-order valence-corrected chi connectivity index (χ0v) is 18.4. The van der Waals surface area contributed by atoms with Crippen molar-refractivity contribution in [1.82, 2.24) is 25.4 Å². The molecule has 0 aliphatic heterocycles. The summed E-state index contributed by atoms with van der Waals surface area (Å²) in [5.74, 6) is 3.23. The molecule has 1 aliphatic carbocycles. The lowest BCUT2D eigenvalue weighted by Crippen LogP contribution is -2.36. The molecule has 0 amide bonds. The largest absolute Gasteiger partial charge is 0.493 e. The second-order valence-corrected chi connectivity index (χ2v) is 8.00. The molecule has 1 aromatic carbocycles. The molecular formula is C24H30N6O. The van der Waals surface area contributed by atoms with Gasteiger partial charge in [-0.2, -0.15) is 5.10 Å². The van der Waals surface area contributed by atoms with Crippen molar-refractivity contribution < 1.29 is 4.74 Å². The van der Waals surface area contributed by atoms with E-state index in [-0.39, 0.29) is 0 Å². The van der Waals surface area contributed by atoms with Crippen molar-refractivity contribution in [3.8, 4) is 11.6 Å². The first-order valence-electron chi connectivity index (χ1n) is 10.8. The molecule has 2 aromatic heterocycles. The number of para-hydroxylation sites is 1. The molecule has 4 rings (SSSR count). The summed E-state index contributed by atoms with van der Waals surface area (Å²) in [5, 5.41) is 11.2. The number of aromatic nitrogens is 3. The number of hydrogen-bond donors (Lipinski definition) is 2. The molecule has 0 bridgehead atoms. The molecule has 0 saturated heterocycles. The molecule has 0 spiro atoms. The number of pyridine rings is 1. The fourth-order valence-electron chi connectivity index (χ4n) is 3.38. The predicted octanol–water partition coefficient (Wildman–Crippen LogP) is 3.54. The molecule has 162 valence electrons. The van der Waals surface area contributed by atoms with Gasteiger partial charge in [-0.1, -0.05) is 24.3 Å². The Bertz CT molecular complexity index is 1040. The van der Waals surface area contributed by atoms with E-state index in [1.165, 1.54) is 12.8 Å². The van der Waals surface area contributed by atoms with Gasteiger partial charge in [0.15, 0.2) is 11.8 Å². The van der Waals surface area contributed by atoms with Gasteiger partial charge in [0.2, 0.25) is 0 Å². The van der Waals surface area contributed by atoms with Crippen LogP contribution in [0.3, 0.4) is 0 Å². The highest BCUT2D eigenvalue weighted by atomic mass is 16.5. The van der Waals surface area contributed by atoms with Crippen molar-refractivity contribution in [2.45, 2.75) is 39.8 Å². The minimum atomic E-state index is 0.629. The van der Waals surface area contributed by atoms with E-state index in [1.807, 2.05) is 55.1 Å². The third kappa shape index (κ3) is 5.63. The summed E-state index contributed by atoms with van der Waals surface area (Å²) in [7, 11) is 1.77. The van der Waals surface area contributed by atoms with Crippen LogP contribution in [0.15, 0.2) is 53.7 Å². The summed E-state index contributed by atoms with van der Waals surface area (Å²) < 4.78 is 7.86. The van der Waals surface area contributed by atoms with Crippen LogP contribution in [0.2, 0.25) is 0 Å². The Morgan fingerprint density at radius 1 is 1.13 bits per heavy atom. The van der Waals surface area contributed by atoms with Crippen LogP contribution in [-0.2, 0) is 13.1 Å². The number of aliphatic imine (C=N–C) groups is 1. The number of nitrogens with one attached hydrogen (secondary N) is 2. The van der Waals surface area contributed by atoms with Gasteiger partial charge in [-0.05, 0) is 56.4 Å². The maximum absolute atomic E-state index is 6.00. The molecule has 7 heteroatoms. The summed E-state index contributed by atoms with van der Waals surface area (Å²) in [6, 6.07) is 14.3. The number of aryl methyl sites for hydroxylation is 2. The maximum atomic E-state index is 6.00. The zero-order valence-electron chi connectivity index (χ0n) is 18.4. The third-order valence-corrected chi connectivity index (χ3v) is 5.31. The van der Waals surface area contributed by atoms with Crippen molar-refractivity contribution in [1.29, 1.82) is 0 Å². The van der Waals surface area contributed by atoms with Crippen LogP contribution >= 0.6 is 0 Å². The van der Waals surface area contributed by atoms with Crippen molar-refractivity contribution >= 4 is 5.96 Å². The second kappa shape index (κ2) is 9.64. The van der Waals surface area contributed by atoms with Gasteiger partial charge in [0.1, 0.15) is 5.75 Å². The van der Waals surface area contributed by atoms with Crippen LogP contribution in [0.25, 0.3) is 5.82 Å². The number of guanidine groups is 1. The van der Waals surface area contributed by atoms with Gasteiger partial charge in [-0.3, -0.25) is 4.99 Å². The molecule has 2 N–H and O–H groups in total. The lowest BCUT2D eigenvalue weighted by atomic mass is 10.2. The topological polar surface area (TPSA) is 76.4 Å². The van der Waals surface area contributed by atoms with Gasteiger partial charge in [0.25, 0.3) is 0 Å². The number of nitrogens with zero attached hydrogens (tertiary/aromatic N) is 4. The SMILES string of the molecule is CN=C(NCc1ccc(-n2nc(C)cc2C)nc1)NCc1ccccc1OCC1CC1. The smallest absolute Gasteiger partial charge is 0.191 e. The van der Waals surface area contributed by atoms with Crippen LogP contribution in [0.1, 0.15) is 35.4 Å². The average Bonchev–Trinajstić information content (AvgIpc) is 3.55. The molecular weight excluding hydrogens is 388 g/mol. The highest BCUT2D eigenvalue weighted by Crippen LogP contribution is 2.30. The summed E-state index contributed by atoms with van der Waals surface area (Å²) >= 11 is 0. The number of benzene rings is 1. The molecule has 0 unspecified atom stereocenters. The van der Waals surface area contributed by atoms with E-state index < -0.39 is 0 Å². The third-order valence-electron chi connectivity index (χ3n) is 5.31. The predicted molar refractivity (Wildman–Crippen MR) is 123 cm³/mol. The Kier molecular flexibility index (Phi) is 6.50. The van der Waals surface area contributed by atoms with Gasteiger partial charge >= 0.3 is 0 Å². The van der Waals surface area contributed by atoms with Crippen molar-refractivity contribution in [3.05, 3.63) is 71.2 Å². The van der Waals surface area contributed by atoms with Crippen LogP contribution < -0.4 is 15.4 Å². The number of hydrogen-bond acceptors (Lipinski definition) is 4. The van der Waals surface area contributed by atoms with Gasteiger partial charge in [0.05, 0.1) is 12.3 Å². The fourth-order valence-corrected chi connectivity index (χ4v) is 3.38. The van der Waals surface area contributed by atoms with E-state index in [0.29, 0.717) is 13.1 Å². The van der Waals surface area contributed by atoms with E-state index >= 15 is 0 Å². The number of ether oxygens (including phenoxy) is 1. The minimum Gasteiger partial charge on any atom is -0.493 e. The lowest BCUT2D eigenvalue weighted by Gasteiger charge is -2.15. The zero-order chi connectivity index (χ0) is 21.6. The number of rotatable bonds is 8. The molecule has 0 radical (unpaired) electrons. The summed E-state index contributed by atoms with van der Waals surface area (Å²) in [5.41, 5.74) is 4.25. The quantitative estimate of drug-likeness (QED) is 0.432. The fraction of sp³-hybridized carbons (Fsp3) is 0.375.